The Morgan fingerprint density at radius 3 is 1.93 bits per heavy atom. The SMILES string of the molecule is CC(C)C(NC(=O)C(NC(=O)C(CC(=O)OC(C)(C)C)NC(=O)OCc1ccccc1)C1C=CC=CC1)C(=O)NC(C=C(Cl)S(C)(=O)=O)CC(=O)OC(C)(C)C. The Morgan fingerprint density at radius 1 is 0.821 bits per heavy atom. The molecule has 15 nitrogen and oxygen atoms in total. The molecule has 1 aromatic rings. The first-order valence-corrected chi connectivity index (χ1v) is 20.3. The molecule has 1 aromatic carbocycles. The van der Waals surface area contributed by atoms with Crippen molar-refractivity contribution in [1.82, 2.24) is 21.3 Å². The minimum atomic E-state index is -3.91. The van der Waals surface area contributed by atoms with Crippen LogP contribution in [0.5, 0.6) is 0 Å². The van der Waals surface area contributed by atoms with Gasteiger partial charge in [0.2, 0.25) is 17.7 Å². The minimum Gasteiger partial charge on any atom is -0.460 e. The number of sulfone groups is 1. The molecule has 1 aliphatic carbocycles. The minimum absolute atomic E-state index is 0.120. The highest BCUT2D eigenvalue weighted by molar-refractivity contribution is 7.96. The number of amides is 4. The molecule has 0 bridgehead atoms. The molecule has 17 heteroatoms. The lowest BCUT2D eigenvalue weighted by Gasteiger charge is -2.31. The summed E-state index contributed by atoms with van der Waals surface area (Å²) in [5.41, 5.74) is -1.10. The van der Waals surface area contributed by atoms with Crippen molar-refractivity contribution in [3.8, 4) is 0 Å². The highest BCUT2D eigenvalue weighted by Crippen LogP contribution is 2.19. The molecule has 5 unspecified atom stereocenters. The molecular weight excluding hydrogens is 768 g/mol. The summed E-state index contributed by atoms with van der Waals surface area (Å²) in [7, 11) is -3.91. The van der Waals surface area contributed by atoms with Gasteiger partial charge in [-0.3, -0.25) is 24.0 Å². The summed E-state index contributed by atoms with van der Waals surface area (Å²) in [5.74, 6) is -5.21. The zero-order valence-electron chi connectivity index (χ0n) is 33.3. The van der Waals surface area contributed by atoms with Gasteiger partial charge in [0.1, 0.15) is 40.3 Å². The van der Waals surface area contributed by atoms with Crippen LogP contribution >= 0.6 is 11.6 Å². The summed E-state index contributed by atoms with van der Waals surface area (Å²) in [5, 5.41) is 10.3. The van der Waals surface area contributed by atoms with Crippen molar-refractivity contribution in [3.63, 3.8) is 0 Å². The van der Waals surface area contributed by atoms with Crippen LogP contribution in [0, 0.1) is 11.8 Å². The molecule has 0 radical (unpaired) electrons. The van der Waals surface area contributed by atoms with Crippen LogP contribution in [0.4, 0.5) is 4.79 Å². The number of benzene rings is 1. The molecule has 0 saturated carbocycles. The third-order valence-electron chi connectivity index (χ3n) is 7.70. The van der Waals surface area contributed by atoms with Crippen LogP contribution in [-0.4, -0.2) is 85.8 Å². The summed E-state index contributed by atoms with van der Waals surface area (Å²) in [6, 6.07) is 3.43. The van der Waals surface area contributed by atoms with Crippen molar-refractivity contribution in [2.45, 2.75) is 117 Å². The van der Waals surface area contributed by atoms with E-state index in [-0.39, 0.29) is 6.61 Å². The van der Waals surface area contributed by atoms with E-state index in [2.05, 4.69) is 21.3 Å². The molecule has 0 aromatic heterocycles. The second kappa shape index (κ2) is 21.0. The molecule has 310 valence electrons. The second-order valence-electron chi connectivity index (χ2n) is 15.6. The first-order chi connectivity index (χ1) is 25.8. The van der Waals surface area contributed by atoms with Gasteiger partial charge in [-0.2, -0.15) is 0 Å². The molecule has 0 fully saturated rings. The Kier molecular flexibility index (Phi) is 17.8. The Labute approximate surface area is 334 Å². The summed E-state index contributed by atoms with van der Waals surface area (Å²) in [6.45, 7) is 13.0. The number of allylic oxidation sites excluding steroid dienone is 3. The Balaban J connectivity index is 2.38. The Morgan fingerprint density at radius 2 is 1.41 bits per heavy atom. The number of alkyl carbamates (subject to hydrolysis) is 1. The zero-order valence-corrected chi connectivity index (χ0v) is 34.9. The van der Waals surface area contributed by atoms with E-state index >= 15 is 0 Å². The number of hydrogen-bond donors (Lipinski definition) is 4. The van der Waals surface area contributed by atoms with Gasteiger partial charge in [0.15, 0.2) is 9.84 Å². The number of halogens is 1. The standard InChI is InChI=1S/C39H55ClN4O11S/c1-24(2)32(35(48)41-27(20-29(40)56(9,51)52)21-30(45)54-38(3,4)5)43-36(49)33(26-18-14-11-15-19-26)44-34(47)28(22-31(46)55-39(6,7)8)42-37(50)53-23-25-16-12-10-13-17-25/h10-18,20,24,26-28,32-33H,19,21-23H2,1-9H3,(H,41,48)(H,42,50)(H,43,49)(H,44,47). The topological polar surface area (TPSA) is 212 Å². The van der Waals surface area contributed by atoms with E-state index in [1.165, 1.54) is 0 Å². The number of ether oxygens (including phenoxy) is 3. The van der Waals surface area contributed by atoms with Crippen LogP contribution in [0.25, 0.3) is 0 Å². The average Bonchev–Trinajstić information content (AvgIpc) is 3.06. The predicted octanol–water partition coefficient (Wildman–Crippen LogP) is 4.11. The maximum absolute atomic E-state index is 14.1. The number of esters is 2. The summed E-state index contributed by atoms with van der Waals surface area (Å²) >= 11 is 6.00. The van der Waals surface area contributed by atoms with Crippen LogP contribution in [-0.2, 0) is 54.6 Å². The zero-order chi connectivity index (χ0) is 42.4. The number of carbonyl (C=O) groups is 6. The fraction of sp³-hybridized carbons (Fsp3) is 0.538. The van der Waals surface area contributed by atoms with E-state index in [0.29, 0.717) is 12.0 Å². The smallest absolute Gasteiger partial charge is 0.408 e. The van der Waals surface area contributed by atoms with Crippen molar-refractivity contribution < 1.29 is 51.4 Å². The van der Waals surface area contributed by atoms with Gasteiger partial charge < -0.3 is 35.5 Å². The van der Waals surface area contributed by atoms with E-state index in [1.54, 1.807) is 110 Å². The fourth-order valence-electron chi connectivity index (χ4n) is 5.18. The highest BCUT2D eigenvalue weighted by Gasteiger charge is 2.36. The van der Waals surface area contributed by atoms with Gasteiger partial charge in [-0.05, 0) is 65.5 Å². The summed E-state index contributed by atoms with van der Waals surface area (Å²) in [6.07, 6.45) is 7.00. The maximum Gasteiger partial charge on any atom is 0.408 e. The van der Waals surface area contributed by atoms with Crippen LogP contribution in [0.15, 0.2) is 65.1 Å². The van der Waals surface area contributed by atoms with Gasteiger partial charge in [0.05, 0.1) is 18.9 Å². The molecule has 4 amide bonds. The molecular formula is C39H55ClN4O11S. The van der Waals surface area contributed by atoms with Crippen molar-refractivity contribution in [2.24, 2.45) is 11.8 Å². The van der Waals surface area contributed by atoms with Crippen molar-refractivity contribution in [2.75, 3.05) is 6.26 Å². The summed E-state index contributed by atoms with van der Waals surface area (Å²) < 4.78 is 39.6. The first kappa shape index (κ1) is 47.5. The van der Waals surface area contributed by atoms with Gasteiger partial charge in [-0.25, -0.2) is 13.2 Å². The third kappa shape index (κ3) is 17.8. The van der Waals surface area contributed by atoms with Gasteiger partial charge in [-0.15, -0.1) is 0 Å². The highest BCUT2D eigenvalue weighted by atomic mass is 35.5. The lowest BCUT2D eigenvalue weighted by atomic mass is 9.91. The number of rotatable bonds is 17. The third-order valence-corrected chi connectivity index (χ3v) is 9.51. The molecule has 2 rings (SSSR count). The fourth-order valence-corrected chi connectivity index (χ4v) is 5.74. The van der Waals surface area contributed by atoms with Crippen LogP contribution < -0.4 is 21.3 Å². The number of hydrogen-bond acceptors (Lipinski definition) is 11. The molecule has 0 heterocycles. The van der Waals surface area contributed by atoms with Gasteiger partial charge in [0, 0.05) is 12.2 Å². The van der Waals surface area contributed by atoms with Crippen LogP contribution in [0.3, 0.4) is 0 Å². The molecule has 56 heavy (non-hydrogen) atoms. The normalized spacial score (nSPS) is 16.8. The van der Waals surface area contributed by atoms with E-state index in [4.69, 9.17) is 25.8 Å². The van der Waals surface area contributed by atoms with Crippen LogP contribution in [0.2, 0.25) is 0 Å². The van der Waals surface area contributed by atoms with Crippen molar-refractivity contribution >= 4 is 57.2 Å². The monoisotopic (exact) mass is 822 g/mol. The van der Waals surface area contributed by atoms with Gasteiger partial charge in [0.25, 0.3) is 0 Å². The predicted molar refractivity (Wildman–Crippen MR) is 210 cm³/mol. The van der Waals surface area contributed by atoms with Gasteiger partial charge in [-0.1, -0.05) is 80.1 Å². The van der Waals surface area contributed by atoms with Gasteiger partial charge >= 0.3 is 18.0 Å². The number of carbonyl (C=O) groups excluding carboxylic acids is 6. The average molecular weight is 823 g/mol. The lowest BCUT2D eigenvalue weighted by Crippen LogP contribution is -2.60. The van der Waals surface area contributed by atoms with E-state index in [1.807, 2.05) is 0 Å². The molecule has 1 aliphatic rings. The van der Waals surface area contributed by atoms with Crippen LogP contribution in [0.1, 0.15) is 80.2 Å². The van der Waals surface area contributed by atoms with E-state index in [0.717, 1.165) is 12.3 Å². The summed E-state index contributed by atoms with van der Waals surface area (Å²) in [4.78, 5) is 80.2. The second-order valence-corrected chi connectivity index (χ2v) is 18.2. The maximum atomic E-state index is 14.1. The number of nitrogens with one attached hydrogen (secondary N) is 4. The molecule has 5 atom stereocenters. The Bertz CT molecular complexity index is 1760. The largest absolute Gasteiger partial charge is 0.460 e. The van der Waals surface area contributed by atoms with E-state index < -0.39 is 110 Å². The molecule has 0 spiro atoms. The first-order valence-electron chi connectivity index (χ1n) is 18.1. The molecule has 0 aliphatic heterocycles. The van der Waals surface area contributed by atoms with Crippen molar-refractivity contribution in [1.29, 1.82) is 0 Å². The Hall–Kier alpha value is -4.70. The van der Waals surface area contributed by atoms with Crippen molar-refractivity contribution in [3.05, 3.63) is 70.6 Å². The lowest BCUT2D eigenvalue weighted by molar-refractivity contribution is -0.157. The molecule has 4 N–H and O–H groups in total. The quantitative estimate of drug-likeness (QED) is 0.130. The van der Waals surface area contributed by atoms with E-state index in [9.17, 15) is 37.2 Å². The molecule has 0 saturated heterocycles.